The molecule has 0 amide bonds. The Morgan fingerprint density at radius 2 is 1.85 bits per heavy atom. The number of rotatable bonds is 6. The second-order valence-electron chi connectivity index (χ2n) is 4.56. The summed E-state index contributed by atoms with van der Waals surface area (Å²) in [6.07, 6.45) is 8.98. The van der Waals surface area contributed by atoms with E-state index >= 15 is 0 Å². The smallest absolute Gasteiger partial charge is 0.0677 e. The molecule has 13 heavy (non-hydrogen) atoms. The highest BCUT2D eigenvalue weighted by Gasteiger charge is 2.39. The van der Waals surface area contributed by atoms with E-state index in [2.05, 4.69) is 6.92 Å². The standard InChI is InChI=1S/C11H23NO/c1-2-3-4-5-6-7-11(13)8-10(12)9-11/h10,13H,2-9,12H2,1H3. The summed E-state index contributed by atoms with van der Waals surface area (Å²) in [7, 11) is 0. The van der Waals surface area contributed by atoms with Gasteiger partial charge in [0.05, 0.1) is 5.60 Å². The van der Waals surface area contributed by atoms with Crippen LogP contribution in [0.3, 0.4) is 0 Å². The first-order valence-electron chi connectivity index (χ1n) is 5.64. The predicted molar refractivity (Wildman–Crippen MR) is 55.5 cm³/mol. The van der Waals surface area contributed by atoms with E-state index in [1.807, 2.05) is 0 Å². The third-order valence-corrected chi connectivity index (χ3v) is 3.03. The maximum Gasteiger partial charge on any atom is 0.0677 e. The fourth-order valence-corrected chi connectivity index (χ4v) is 2.18. The zero-order valence-corrected chi connectivity index (χ0v) is 8.76. The third-order valence-electron chi connectivity index (χ3n) is 3.03. The highest BCUT2D eigenvalue weighted by Crippen LogP contribution is 2.35. The fraction of sp³-hybridized carbons (Fsp3) is 1.00. The predicted octanol–water partition coefficient (Wildman–Crippen LogP) is 2.20. The Morgan fingerprint density at radius 3 is 2.38 bits per heavy atom. The van der Waals surface area contributed by atoms with Gasteiger partial charge in [0.2, 0.25) is 0 Å². The molecule has 0 aromatic carbocycles. The topological polar surface area (TPSA) is 46.2 Å². The van der Waals surface area contributed by atoms with Crippen LogP contribution in [0.25, 0.3) is 0 Å². The Balaban J connectivity index is 1.94. The van der Waals surface area contributed by atoms with Crippen LogP contribution in [0.15, 0.2) is 0 Å². The van der Waals surface area contributed by atoms with Gasteiger partial charge in [-0.1, -0.05) is 39.0 Å². The van der Waals surface area contributed by atoms with Crippen molar-refractivity contribution in [3.05, 3.63) is 0 Å². The van der Waals surface area contributed by atoms with Crippen LogP contribution in [0.1, 0.15) is 58.3 Å². The molecule has 78 valence electrons. The molecule has 0 atom stereocenters. The van der Waals surface area contributed by atoms with Crippen LogP contribution in [0.5, 0.6) is 0 Å². The molecule has 0 aromatic rings. The second kappa shape index (κ2) is 4.97. The zero-order chi connectivity index (χ0) is 9.73. The molecule has 0 spiro atoms. The van der Waals surface area contributed by atoms with Crippen molar-refractivity contribution in [2.75, 3.05) is 0 Å². The van der Waals surface area contributed by atoms with Crippen molar-refractivity contribution in [2.45, 2.75) is 69.9 Å². The number of nitrogens with two attached hydrogens (primary N) is 1. The van der Waals surface area contributed by atoms with Gasteiger partial charge in [0.25, 0.3) is 0 Å². The van der Waals surface area contributed by atoms with Crippen molar-refractivity contribution >= 4 is 0 Å². The molecule has 0 bridgehead atoms. The molecule has 2 nitrogen and oxygen atoms in total. The SMILES string of the molecule is CCCCCCCC1(O)CC(N)C1. The van der Waals surface area contributed by atoms with Crippen molar-refractivity contribution in [3.8, 4) is 0 Å². The van der Waals surface area contributed by atoms with Gasteiger partial charge in [-0.05, 0) is 19.3 Å². The van der Waals surface area contributed by atoms with Crippen molar-refractivity contribution < 1.29 is 5.11 Å². The molecule has 1 aliphatic carbocycles. The summed E-state index contributed by atoms with van der Waals surface area (Å²) in [5.41, 5.74) is 5.26. The maximum absolute atomic E-state index is 9.86. The molecular weight excluding hydrogens is 162 g/mol. The average molecular weight is 185 g/mol. The Kier molecular flexibility index (Phi) is 4.20. The number of hydrogen-bond acceptors (Lipinski definition) is 2. The molecule has 0 radical (unpaired) electrons. The summed E-state index contributed by atoms with van der Waals surface area (Å²) in [5, 5.41) is 9.86. The van der Waals surface area contributed by atoms with Gasteiger partial charge in [0, 0.05) is 6.04 Å². The van der Waals surface area contributed by atoms with E-state index in [4.69, 9.17) is 5.73 Å². The van der Waals surface area contributed by atoms with E-state index in [1.54, 1.807) is 0 Å². The number of hydrogen-bond donors (Lipinski definition) is 2. The van der Waals surface area contributed by atoms with Gasteiger partial charge in [0.15, 0.2) is 0 Å². The van der Waals surface area contributed by atoms with E-state index in [0.717, 1.165) is 19.3 Å². The zero-order valence-electron chi connectivity index (χ0n) is 8.76. The van der Waals surface area contributed by atoms with E-state index in [0.29, 0.717) is 0 Å². The van der Waals surface area contributed by atoms with Gasteiger partial charge in [-0.15, -0.1) is 0 Å². The molecule has 0 aliphatic heterocycles. The van der Waals surface area contributed by atoms with Crippen molar-refractivity contribution in [3.63, 3.8) is 0 Å². The lowest BCUT2D eigenvalue weighted by Gasteiger charge is -2.42. The molecule has 1 rings (SSSR count). The first-order valence-corrected chi connectivity index (χ1v) is 5.64. The van der Waals surface area contributed by atoms with Crippen LogP contribution in [0.4, 0.5) is 0 Å². The number of aliphatic hydroxyl groups is 1. The molecular formula is C11H23NO. The Morgan fingerprint density at radius 1 is 1.23 bits per heavy atom. The lowest BCUT2D eigenvalue weighted by molar-refractivity contribution is -0.0546. The van der Waals surface area contributed by atoms with Crippen LogP contribution in [-0.2, 0) is 0 Å². The van der Waals surface area contributed by atoms with E-state index in [-0.39, 0.29) is 11.6 Å². The maximum atomic E-state index is 9.86. The van der Waals surface area contributed by atoms with Gasteiger partial charge >= 0.3 is 0 Å². The van der Waals surface area contributed by atoms with Crippen molar-refractivity contribution in [1.29, 1.82) is 0 Å². The largest absolute Gasteiger partial charge is 0.390 e. The Labute approximate surface area is 81.5 Å². The molecule has 0 unspecified atom stereocenters. The Bertz CT molecular complexity index is 141. The summed E-state index contributed by atoms with van der Waals surface area (Å²) in [5.74, 6) is 0. The van der Waals surface area contributed by atoms with Gasteiger partial charge in [-0.25, -0.2) is 0 Å². The minimum atomic E-state index is -0.383. The molecule has 1 saturated carbocycles. The first-order chi connectivity index (χ1) is 6.16. The summed E-state index contributed by atoms with van der Waals surface area (Å²) < 4.78 is 0. The monoisotopic (exact) mass is 185 g/mol. The summed E-state index contributed by atoms with van der Waals surface area (Å²) in [6.45, 7) is 2.22. The van der Waals surface area contributed by atoms with E-state index in [9.17, 15) is 5.11 Å². The fourth-order valence-electron chi connectivity index (χ4n) is 2.18. The third kappa shape index (κ3) is 3.65. The van der Waals surface area contributed by atoms with Gasteiger partial charge < -0.3 is 10.8 Å². The molecule has 0 aromatic heterocycles. The van der Waals surface area contributed by atoms with Crippen molar-refractivity contribution in [2.24, 2.45) is 5.73 Å². The van der Waals surface area contributed by atoms with Gasteiger partial charge in [-0.2, -0.15) is 0 Å². The molecule has 3 N–H and O–H groups in total. The normalized spacial score (nSPS) is 33.0. The van der Waals surface area contributed by atoms with Gasteiger partial charge in [-0.3, -0.25) is 0 Å². The highest BCUT2D eigenvalue weighted by molar-refractivity contribution is 4.96. The molecule has 1 aliphatic rings. The average Bonchev–Trinajstić information content (AvgIpc) is 2.02. The van der Waals surface area contributed by atoms with Gasteiger partial charge in [0.1, 0.15) is 0 Å². The molecule has 2 heteroatoms. The Hall–Kier alpha value is -0.0800. The van der Waals surface area contributed by atoms with Crippen LogP contribution in [0.2, 0.25) is 0 Å². The quantitative estimate of drug-likeness (QED) is 0.623. The molecule has 0 saturated heterocycles. The summed E-state index contributed by atoms with van der Waals surface area (Å²) in [4.78, 5) is 0. The second-order valence-corrected chi connectivity index (χ2v) is 4.56. The van der Waals surface area contributed by atoms with E-state index in [1.165, 1.54) is 32.1 Å². The van der Waals surface area contributed by atoms with Crippen molar-refractivity contribution in [1.82, 2.24) is 0 Å². The van der Waals surface area contributed by atoms with E-state index < -0.39 is 0 Å². The lowest BCUT2D eigenvalue weighted by Crippen LogP contribution is -2.51. The summed E-state index contributed by atoms with van der Waals surface area (Å²) in [6, 6.07) is 0.264. The first kappa shape index (κ1) is 11.0. The van der Waals surface area contributed by atoms with Crippen LogP contribution in [-0.4, -0.2) is 16.7 Å². The highest BCUT2D eigenvalue weighted by atomic mass is 16.3. The minimum absolute atomic E-state index is 0.264. The lowest BCUT2D eigenvalue weighted by atomic mass is 9.73. The minimum Gasteiger partial charge on any atom is -0.390 e. The van der Waals surface area contributed by atoms with Crippen LogP contribution in [0, 0.1) is 0 Å². The number of unbranched alkanes of at least 4 members (excludes halogenated alkanes) is 4. The van der Waals surface area contributed by atoms with Crippen LogP contribution < -0.4 is 5.73 Å². The van der Waals surface area contributed by atoms with Crippen LogP contribution >= 0.6 is 0 Å². The molecule has 0 heterocycles. The summed E-state index contributed by atoms with van der Waals surface area (Å²) >= 11 is 0. The molecule has 1 fully saturated rings.